The average Bonchev–Trinajstić information content (AvgIpc) is 3.05. The van der Waals surface area contributed by atoms with Crippen LogP contribution in [-0.4, -0.2) is 32.8 Å². The molecular formula is C18H17BrN4O. The van der Waals surface area contributed by atoms with Crippen molar-refractivity contribution in [2.45, 2.75) is 13.1 Å². The van der Waals surface area contributed by atoms with Gasteiger partial charge in [-0.25, -0.2) is 4.68 Å². The number of nitrogens with zero attached hydrogens (tertiary/aromatic N) is 4. The Hall–Kier alpha value is -2.47. The highest BCUT2D eigenvalue weighted by atomic mass is 79.9. The van der Waals surface area contributed by atoms with Gasteiger partial charge >= 0.3 is 0 Å². The SMILES string of the molecule is CN(Cc1ccc(Br)cc1)C(=O)c1cn(Cc2ccccc2)nn1. The molecule has 0 bridgehead atoms. The molecule has 3 rings (SSSR count). The number of amides is 1. The van der Waals surface area contributed by atoms with Gasteiger partial charge in [-0.1, -0.05) is 63.6 Å². The lowest BCUT2D eigenvalue weighted by atomic mass is 10.2. The van der Waals surface area contributed by atoms with Gasteiger partial charge in [0.05, 0.1) is 12.7 Å². The summed E-state index contributed by atoms with van der Waals surface area (Å²) in [4.78, 5) is 14.1. The highest BCUT2D eigenvalue weighted by molar-refractivity contribution is 9.10. The lowest BCUT2D eigenvalue weighted by molar-refractivity contribution is 0.0779. The molecule has 0 aliphatic rings. The second-order valence-corrected chi connectivity index (χ2v) is 6.49. The van der Waals surface area contributed by atoms with Crippen molar-refractivity contribution < 1.29 is 4.79 Å². The molecular weight excluding hydrogens is 368 g/mol. The van der Waals surface area contributed by atoms with E-state index in [-0.39, 0.29) is 5.91 Å². The largest absolute Gasteiger partial charge is 0.336 e. The van der Waals surface area contributed by atoms with Crippen molar-refractivity contribution in [3.63, 3.8) is 0 Å². The Bertz CT molecular complexity index is 815. The minimum absolute atomic E-state index is 0.141. The van der Waals surface area contributed by atoms with Gasteiger partial charge in [-0.15, -0.1) is 5.10 Å². The van der Waals surface area contributed by atoms with Gasteiger partial charge in [0.25, 0.3) is 5.91 Å². The van der Waals surface area contributed by atoms with Crippen molar-refractivity contribution in [2.75, 3.05) is 7.05 Å². The zero-order chi connectivity index (χ0) is 16.9. The number of halogens is 1. The smallest absolute Gasteiger partial charge is 0.276 e. The number of carbonyl (C=O) groups excluding carboxylic acids is 1. The molecule has 0 aliphatic carbocycles. The van der Waals surface area contributed by atoms with Crippen LogP contribution in [0.25, 0.3) is 0 Å². The van der Waals surface area contributed by atoms with Gasteiger partial charge in [-0.2, -0.15) is 0 Å². The molecule has 0 fully saturated rings. The van der Waals surface area contributed by atoms with Crippen LogP contribution in [-0.2, 0) is 13.1 Å². The van der Waals surface area contributed by atoms with Crippen molar-refractivity contribution in [1.82, 2.24) is 19.9 Å². The van der Waals surface area contributed by atoms with Gasteiger partial charge in [-0.05, 0) is 23.3 Å². The van der Waals surface area contributed by atoms with Crippen molar-refractivity contribution in [2.24, 2.45) is 0 Å². The molecule has 5 nitrogen and oxygen atoms in total. The van der Waals surface area contributed by atoms with Crippen LogP contribution in [0.3, 0.4) is 0 Å². The quantitative estimate of drug-likeness (QED) is 0.677. The summed E-state index contributed by atoms with van der Waals surface area (Å²) in [5.74, 6) is -0.141. The molecule has 0 unspecified atom stereocenters. The third-order valence-electron chi connectivity index (χ3n) is 3.62. The average molecular weight is 385 g/mol. The van der Waals surface area contributed by atoms with Crippen LogP contribution in [0, 0.1) is 0 Å². The van der Waals surface area contributed by atoms with Crippen LogP contribution in [0.15, 0.2) is 65.3 Å². The maximum atomic E-state index is 12.5. The summed E-state index contributed by atoms with van der Waals surface area (Å²) < 4.78 is 2.69. The maximum absolute atomic E-state index is 12.5. The molecule has 0 N–H and O–H groups in total. The summed E-state index contributed by atoms with van der Waals surface area (Å²) in [7, 11) is 1.76. The van der Waals surface area contributed by atoms with E-state index in [9.17, 15) is 4.79 Å². The monoisotopic (exact) mass is 384 g/mol. The van der Waals surface area contributed by atoms with Crippen LogP contribution in [0.4, 0.5) is 0 Å². The van der Waals surface area contributed by atoms with Crippen LogP contribution >= 0.6 is 15.9 Å². The second kappa shape index (κ2) is 7.40. The summed E-state index contributed by atoms with van der Waals surface area (Å²) >= 11 is 3.41. The molecule has 1 heterocycles. The summed E-state index contributed by atoms with van der Waals surface area (Å²) in [5, 5.41) is 8.05. The number of hydrogen-bond donors (Lipinski definition) is 0. The first-order valence-corrected chi connectivity index (χ1v) is 8.35. The molecule has 0 atom stereocenters. The number of benzene rings is 2. The van der Waals surface area contributed by atoms with Gasteiger partial charge in [-0.3, -0.25) is 4.79 Å². The number of rotatable bonds is 5. The molecule has 24 heavy (non-hydrogen) atoms. The van der Waals surface area contributed by atoms with Gasteiger partial charge in [0.2, 0.25) is 0 Å². The van der Waals surface area contributed by atoms with Gasteiger partial charge in [0, 0.05) is 18.1 Å². The lowest BCUT2D eigenvalue weighted by Crippen LogP contribution is -2.26. The van der Waals surface area contributed by atoms with Crippen LogP contribution in [0.5, 0.6) is 0 Å². The standard InChI is InChI=1S/C18H17BrN4O/c1-22(11-15-7-9-16(19)10-8-15)18(24)17-13-23(21-20-17)12-14-5-3-2-4-6-14/h2-10,13H,11-12H2,1H3. The summed E-state index contributed by atoms with van der Waals surface area (Å²) in [6, 6.07) is 17.9. The van der Waals surface area contributed by atoms with E-state index in [0.29, 0.717) is 18.8 Å². The Labute approximate surface area is 149 Å². The van der Waals surface area contributed by atoms with Gasteiger partial charge < -0.3 is 4.90 Å². The molecule has 0 radical (unpaired) electrons. The van der Waals surface area contributed by atoms with Gasteiger partial charge in [0.1, 0.15) is 0 Å². The molecule has 6 heteroatoms. The second-order valence-electron chi connectivity index (χ2n) is 5.57. The number of hydrogen-bond acceptors (Lipinski definition) is 3. The van der Waals surface area contributed by atoms with Crippen molar-refractivity contribution in [3.05, 3.63) is 82.1 Å². The van der Waals surface area contributed by atoms with E-state index in [2.05, 4.69) is 26.2 Å². The van der Waals surface area contributed by atoms with Crippen molar-refractivity contribution in [1.29, 1.82) is 0 Å². The summed E-state index contributed by atoms with van der Waals surface area (Å²) in [6.07, 6.45) is 1.69. The molecule has 1 aromatic heterocycles. The van der Waals surface area contributed by atoms with Gasteiger partial charge in [0.15, 0.2) is 5.69 Å². The first kappa shape index (κ1) is 16.4. The summed E-state index contributed by atoms with van der Waals surface area (Å²) in [6.45, 7) is 1.12. The molecule has 1 amide bonds. The number of carbonyl (C=O) groups is 1. The highest BCUT2D eigenvalue weighted by Crippen LogP contribution is 2.13. The molecule has 122 valence electrons. The fourth-order valence-corrected chi connectivity index (χ4v) is 2.64. The van der Waals surface area contributed by atoms with E-state index in [1.54, 1.807) is 22.8 Å². The zero-order valence-electron chi connectivity index (χ0n) is 13.3. The minimum atomic E-state index is -0.141. The van der Waals surface area contributed by atoms with Crippen molar-refractivity contribution >= 4 is 21.8 Å². The van der Waals surface area contributed by atoms with E-state index in [0.717, 1.165) is 15.6 Å². The summed E-state index contributed by atoms with van der Waals surface area (Å²) in [5.41, 5.74) is 2.53. The highest BCUT2D eigenvalue weighted by Gasteiger charge is 2.16. The number of aromatic nitrogens is 3. The fraction of sp³-hybridized carbons (Fsp3) is 0.167. The zero-order valence-corrected chi connectivity index (χ0v) is 14.8. The fourth-order valence-electron chi connectivity index (χ4n) is 2.38. The maximum Gasteiger partial charge on any atom is 0.276 e. The van der Waals surface area contributed by atoms with E-state index < -0.39 is 0 Å². The third-order valence-corrected chi connectivity index (χ3v) is 4.15. The first-order valence-electron chi connectivity index (χ1n) is 7.56. The lowest BCUT2D eigenvalue weighted by Gasteiger charge is -2.15. The van der Waals surface area contributed by atoms with E-state index >= 15 is 0 Å². The molecule has 0 spiro atoms. The van der Waals surface area contributed by atoms with E-state index in [4.69, 9.17) is 0 Å². The Morgan fingerprint density at radius 1 is 1.08 bits per heavy atom. The Balaban J connectivity index is 1.65. The predicted octanol–water partition coefficient (Wildman–Crippen LogP) is 3.36. The predicted molar refractivity (Wildman–Crippen MR) is 95.5 cm³/mol. The Morgan fingerprint density at radius 3 is 2.50 bits per heavy atom. The molecule has 0 aliphatic heterocycles. The molecule has 0 saturated heterocycles. The van der Waals surface area contributed by atoms with E-state index in [1.165, 1.54) is 0 Å². The minimum Gasteiger partial charge on any atom is -0.336 e. The molecule has 2 aromatic carbocycles. The Kier molecular flexibility index (Phi) is 5.05. The van der Waals surface area contributed by atoms with Crippen LogP contribution < -0.4 is 0 Å². The normalized spacial score (nSPS) is 10.6. The Morgan fingerprint density at radius 2 is 1.79 bits per heavy atom. The first-order chi connectivity index (χ1) is 11.6. The third kappa shape index (κ3) is 4.08. The van der Waals surface area contributed by atoms with Crippen LogP contribution in [0.1, 0.15) is 21.6 Å². The van der Waals surface area contributed by atoms with E-state index in [1.807, 2.05) is 54.6 Å². The molecule has 3 aromatic rings. The van der Waals surface area contributed by atoms with Crippen LogP contribution in [0.2, 0.25) is 0 Å². The topological polar surface area (TPSA) is 51.0 Å². The van der Waals surface area contributed by atoms with Crippen molar-refractivity contribution in [3.8, 4) is 0 Å². The molecule has 0 saturated carbocycles.